The highest BCUT2D eigenvalue weighted by atomic mass is 32.1. The highest BCUT2D eigenvalue weighted by Gasteiger charge is 2.23. The van der Waals surface area contributed by atoms with Crippen molar-refractivity contribution in [3.8, 4) is 0 Å². The summed E-state index contributed by atoms with van der Waals surface area (Å²) in [6.45, 7) is 5.65. The molecule has 1 unspecified atom stereocenters. The molecule has 0 aromatic carbocycles. The van der Waals surface area contributed by atoms with Crippen molar-refractivity contribution in [1.29, 1.82) is 0 Å². The molecule has 0 aliphatic heterocycles. The van der Waals surface area contributed by atoms with Crippen molar-refractivity contribution in [3.05, 3.63) is 5.01 Å². The van der Waals surface area contributed by atoms with Gasteiger partial charge in [0.25, 0.3) is 0 Å². The quantitative estimate of drug-likeness (QED) is 0.736. The zero-order valence-corrected chi connectivity index (χ0v) is 11.8. The Bertz CT molecular complexity index is 390. The molecule has 3 N–H and O–H groups in total. The Morgan fingerprint density at radius 2 is 2.17 bits per heavy atom. The van der Waals surface area contributed by atoms with Crippen molar-refractivity contribution in [1.82, 2.24) is 15.5 Å². The number of hydrogen-bond donors (Lipinski definition) is 3. The molecule has 2 amide bonds. The highest BCUT2D eigenvalue weighted by molar-refractivity contribution is 7.15. The van der Waals surface area contributed by atoms with Crippen LogP contribution in [-0.2, 0) is 6.42 Å². The maximum Gasteiger partial charge on any atom is 0.321 e. The predicted octanol–water partition coefficient (Wildman–Crippen LogP) is 1.77. The van der Waals surface area contributed by atoms with Crippen LogP contribution < -0.4 is 10.6 Å². The number of carbonyl (C=O) groups is 1. The third-order valence-corrected chi connectivity index (χ3v) is 3.59. The van der Waals surface area contributed by atoms with Gasteiger partial charge < -0.3 is 10.4 Å². The summed E-state index contributed by atoms with van der Waals surface area (Å²) in [5.74, 6) is 0. The van der Waals surface area contributed by atoms with Gasteiger partial charge in [-0.15, -0.1) is 10.2 Å². The van der Waals surface area contributed by atoms with Crippen LogP contribution in [0.15, 0.2) is 0 Å². The zero-order valence-electron chi connectivity index (χ0n) is 11.0. The minimum Gasteiger partial charge on any atom is -0.394 e. The second kappa shape index (κ2) is 6.65. The molecule has 1 rings (SSSR count). The lowest BCUT2D eigenvalue weighted by Crippen LogP contribution is -2.50. The van der Waals surface area contributed by atoms with E-state index in [0.29, 0.717) is 11.6 Å². The number of rotatable bonds is 6. The first kappa shape index (κ1) is 14.8. The highest BCUT2D eigenvalue weighted by Crippen LogP contribution is 2.16. The number of hydrogen-bond acceptors (Lipinski definition) is 5. The van der Waals surface area contributed by atoms with Gasteiger partial charge in [-0.1, -0.05) is 25.2 Å². The number of amides is 2. The molecule has 1 aromatic rings. The van der Waals surface area contributed by atoms with E-state index in [1.54, 1.807) is 6.92 Å². The van der Waals surface area contributed by atoms with Gasteiger partial charge in [-0.2, -0.15) is 0 Å². The molecule has 0 fully saturated rings. The maximum atomic E-state index is 11.7. The third-order valence-electron chi connectivity index (χ3n) is 2.70. The fourth-order valence-electron chi connectivity index (χ4n) is 1.26. The second-order valence-corrected chi connectivity index (χ2v) is 5.46. The van der Waals surface area contributed by atoms with Gasteiger partial charge in [0, 0.05) is 6.42 Å². The van der Waals surface area contributed by atoms with E-state index in [0.717, 1.165) is 17.8 Å². The number of urea groups is 1. The smallest absolute Gasteiger partial charge is 0.321 e. The van der Waals surface area contributed by atoms with Gasteiger partial charge in [0.05, 0.1) is 12.1 Å². The van der Waals surface area contributed by atoms with Crippen molar-refractivity contribution in [2.45, 2.75) is 45.6 Å². The summed E-state index contributed by atoms with van der Waals surface area (Å²) in [6, 6.07) is -0.368. The van der Waals surface area contributed by atoms with Crippen molar-refractivity contribution in [2.75, 3.05) is 11.9 Å². The van der Waals surface area contributed by atoms with Crippen molar-refractivity contribution in [3.63, 3.8) is 0 Å². The van der Waals surface area contributed by atoms with Crippen LogP contribution in [0, 0.1) is 0 Å². The fourth-order valence-corrected chi connectivity index (χ4v) is 2.10. The molecule has 0 bridgehead atoms. The van der Waals surface area contributed by atoms with Crippen LogP contribution in [0.2, 0.25) is 0 Å². The van der Waals surface area contributed by atoms with E-state index in [1.807, 2.05) is 6.92 Å². The van der Waals surface area contributed by atoms with E-state index in [4.69, 9.17) is 0 Å². The minimum absolute atomic E-state index is 0.103. The number of carbonyl (C=O) groups excluding carboxylic acids is 1. The Labute approximate surface area is 111 Å². The molecule has 0 spiro atoms. The summed E-state index contributed by atoms with van der Waals surface area (Å²) >= 11 is 1.37. The normalized spacial score (nSPS) is 14.0. The monoisotopic (exact) mass is 272 g/mol. The molecule has 102 valence electrons. The molecule has 6 nitrogen and oxygen atoms in total. The molecule has 1 atom stereocenters. The van der Waals surface area contributed by atoms with Crippen LogP contribution in [-0.4, -0.2) is 33.5 Å². The SMILES string of the molecule is CCCc1nnc(NC(=O)NC(C)(CC)CO)s1. The van der Waals surface area contributed by atoms with Crippen LogP contribution in [0.3, 0.4) is 0 Å². The summed E-state index contributed by atoms with van der Waals surface area (Å²) in [6.07, 6.45) is 2.51. The summed E-state index contributed by atoms with van der Waals surface area (Å²) in [5.41, 5.74) is -0.610. The summed E-state index contributed by atoms with van der Waals surface area (Å²) in [7, 11) is 0. The number of aliphatic hydroxyl groups is 1. The van der Waals surface area contributed by atoms with E-state index < -0.39 is 5.54 Å². The number of aryl methyl sites for hydroxylation is 1. The van der Waals surface area contributed by atoms with E-state index in [2.05, 4.69) is 27.8 Å². The summed E-state index contributed by atoms with van der Waals surface area (Å²) in [5, 5.41) is 23.8. The van der Waals surface area contributed by atoms with Gasteiger partial charge in [-0.05, 0) is 19.8 Å². The van der Waals surface area contributed by atoms with E-state index in [9.17, 15) is 9.90 Å². The van der Waals surface area contributed by atoms with Crippen LogP contribution >= 0.6 is 11.3 Å². The lowest BCUT2D eigenvalue weighted by Gasteiger charge is -2.26. The molecule has 0 aliphatic rings. The standard InChI is InChI=1S/C11H20N4O2S/c1-4-6-8-14-15-10(18-8)12-9(17)13-11(3,5-2)7-16/h16H,4-7H2,1-3H3,(H2,12,13,15,17). The number of aromatic nitrogens is 2. The average Bonchev–Trinajstić information content (AvgIpc) is 2.76. The van der Waals surface area contributed by atoms with Gasteiger partial charge in [0.15, 0.2) is 0 Å². The first-order valence-corrected chi connectivity index (χ1v) is 6.87. The van der Waals surface area contributed by atoms with Gasteiger partial charge in [0.1, 0.15) is 5.01 Å². The maximum absolute atomic E-state index is 11.7. The first-order valence-electron chi connectivity index (χ1n) is 6.05. The molecule has 1 aromatic heterocycles. The van der Waals surface area contributed by atoms with Gasteiger partial charge in [0.2, 0.25) is 5.13 Å². The first-order chi connectivity index (χ1) is 8.53. The second-order valence-electron chi connectivity index (χ2n) is 4.40. The molecule has 1 heterocycles. The van der Waals surface area contributed by atoms with Crippen molar-refractivity contribution in [2.24, 2.45) is 0 Å². The molecule has 0 radical (unpaired) electrons. The van der Waals surface area contributed by atoms with Crippen molar-refractivity contribution >= 4 is 22.5 Å². The molecule has 0 saturated heterocycles. The Morgan fingerprint density at radius 1 is 1.44 bits per heavy atom. The van der Waals surface area contributed by atoms with Gasteiger partial charge >= 0.3 is 6.03 Å². The number of anilines is 1. The fraction of sp³-hybridized carbons (Fsp3) is 0.727. The predicted molar refractivity (Wildman–Crippen MR) is 71.8 cm³/mol. The average molecular weight is 272 g/mol. The number of aliphatic hydroxyl groups excluding tert-OH is 1. The largest absolute Gasteiger partial charge is 0.394 e. The van der Waals surface area contributed by atoms with Crippen LogP contribution in [0.4, 0.5) is 9.93 Å². The molecule has 0 aliphatic carbocycles. The van der Waals surface area contributed by atoms with Crippen LogP contribution in [0.1, 0.15) is 38.6 Å². The molecular formula is C11H20N4O2S. The zero-order chi connectivity index (χ0) is 13.6. The Hall–Kier alpha value is -1.21. The van der Waals surface area contributed by atoms with E-state index >= 15 is 0 Å². The van der Waals surface area contributed by atoms with Gasteiger partial charge in [-0.3, -0.25) is 5.32 Å². The third kappa shape index (κ3) is 4.23. The summed E-state index contributed by atoms with van der Waals surface area (Å²) < 4.78 is 0. The minimum atomic E-state index is -0.610. The van der Waals surface area contributed by atoms with Gasteiger partial charge in [-0.25, -0.2) is 4.79 Å². The Balaban J connectivity index is 2.53. The molecular weight excluding hydrogens is 252 g/mol. The number of nitrogens with one attached hydrogen (secondary N) is 2. The number of nitrogens with zero attached hydrogens (tertiary/aromatic N) is 2. The molecule has 0 saturated carbocycles. The van der Waals surface area contributed by atoms with Crippen molar-refractivity contribution < 1.29 is 9.90 Å². The van der Waals surface area contributed by atoms with E-state index in [1.165, 1.54) is 11.3 Å². The van der Waals surface area contributed by atoms with Crippen LogP contribution in [0.25, 0.3) is 0 Å². The summed E-state index contributed by atoms with van der Waals surface area (Å²) in [4.78, 5) is 11.7. The Kier molecular flexibility index (Phi) is 5.49. The van der Waals surface area contributed by atoms with E-state index in [-0.39, 0.29) is 12.6 Å². The topological polar surface area (TPSA) is 87.1 Å². The Morgan fingerprint density at radius 3 is 2.72 bits per heavy atom. The van der Waals surface area contributed by atoms with Crippen LogP contribution in [0.5, 0.6) is 0 Å². The lowest BCUT2D eigenvalue weighted by atomic mass is 10.0. The lowest BCUT2D eigenvalue weighted by molar-refractivity contribution is 0.172. The molecule has 18 heavy (non-hydrogen) atoms. The molecule has 7 heteroatoms.